The molecule has 0 aliphatic carbocycles. The maximum Gasteiger partial charge on any atom is 0.227 e. The molecule has 0 aliphatic heterocycles. The number of aromatic nitrogens is 2. The van der Waals surface area contributed by atoms with Crippen molar-refractivity contribution in [1.29, 1.82) is 0 Å². The van der Waals surface area contributed by atoms with Crippen molar-refractivity contribution < 1.29 is 9.18 Å². The molecule has 2 N–H and O–H groups in total. The van der Waals surface area contributed by atoms with Crippen LogP contribution in [0, 0.1) is 16.0 Å². The van der Waals surface area contributed by atoms with Crippen LogP contribution < -0.4 is 5.32 Å². The van der Waals surface area contributed by atoms with Gasteiger partial charge in [-0.15, -0.1) is 0 Å². The Morgan fingerprint density at radius 3 is 2.80 bits per heavy atom. The van der Waals surface area contributed by atoms with Crippen molar-refractivity contribution in [2.75, 3.05) is 7.05 Å². The fourth-order valence-electron chi connectivity index (χ4n) is 2.11. The zero-order chi connectivity index (χ0) is 15.1. The molecule has 0 spiro atoms. The van der Waals surface area contributed by atoms with Crippen molar-refractivity contribution in [3.63, 3.8) is 0 Å². The van der Waals surface area contributed by atoms with Gasteiger partial charge in [-0.25, -0.2) is 4.39 Å². The summed E-state index contributed by atoms with van der Waals surface area (Å²) in [4.78, 5) is 14.9. The van der Waals surface area contributed by atoms with E-state index in [0.717, 1.165) is 5.52 Å². The first-order valence-corrected chi connectivity index (χ1v) is 7.26. The maximum absolute atomic E-state index is 13.7. The quantitative estimate of drug-likeness (QED) is 0.825. The molecule has 2 aromatic rings. The highest BCUT2D eigenvalue weighted by Gasteiger charge is 2.28. The van der Waals surface area contributed by atoms with Crippen LogP contribution >= 0.6 is 28.1 Å². The van der Waals surface area contributed by atoms with Crippen molar-refractivity contribution in [2.24, 2.45) is 5.41 Å². The van der Waals surface area contributed by atoms with E-state index in [1.165, 1.54) is 6.07 Å². The molecule has 0 atom stereocenters. The summed E-state index contributed by atoms with van der Waals surface area (Å²) < 4.78 is 16.3. The molecule has 1 aromatic heterocycles. The molecule has 1 heterocycles. The Morgan fingerprint density at radius 1 is 1.55 bits per heavy atom. The largest absolute Gasteiger partial charge is 0.359 e. The third-order valence-corrected chi connectivity index (χ3v) is 4.14. The molecule has 0 saturated carbocycles. The average molecular weight is 360 g/mol. The first-order chi connectivity index (χ1) is 9.26. The van der Waals surface area contributed by atoms with E-state index in [-0.39, 0.29) is 11.7 Å². The number of halogens is 2. The van der Waals surface area contributed by atoms with Gasteiger partial charge in [-0.2, -0.15) is 0 Å². The van der Waals surface area contributed by atoms with E-state index in [9.17, 15) is 9.18 Å². The van der Waals surface area contributed by atoms with Crippen molar-refractivity contribution in [2.45, 2.75) is 20.4 Å². The first kappa shape index (κ1) is 15.2. The number of amides is 1. The molecule has 2 rings (SSSR count). The summed E-state index contributed by atoms with van der Waals surface area (Å²) in [5, 5.41) is 2.63. The van der Waals surface area contributed by atoms with Gasteiger partial charge in [0, 0.05) is 19.7 Å². The molecule has 20 heavy (non-hydrogen) atoms. The summed E-state index contributed by atoms with van der Waals surface area (Å²) in [5.74, 6) is -0.454. The van der Waals surface area contributed by atoms with Crippen molar-refractivity contribution in [1.82, 2.24) is 14.9 Å². The van der Waals surface area contributed by atoms with Gasteiger partial charge in [-0.05, 0) is 48.1 Å². The molecule has 0 aliphatic rings. The number of hydrogen-bond acceptors (Lipinski definition) is 2. The number of fused-ring (bicyclic) bond motifs is 1. The number of nitrogens with one attached hydrogen (secondary N) is 2. The normalized spacial score (nSPS) is 11.8. The van der Waals surface area contributed by atoms with Crippen molar-refractivity contribution in [3.05, 3.63) is 27.2 Å². The summed E-state index contributed by atoms with van der Waals surface area (Å²) in [5.41, 5.74) is 0.731. The summed E-state index contributed by atoms with van der Waals surface area (Å²) in [6.45, 7) is 4.01. The van der Waals surface area contributed by atoms with Gasteiger partial charge in [-0.1, -0.05) is 0 Å². The molecule has 1 amide bonds. The third kappa shape index (κ3) is 2.64. The van der Waals surface area contributed by atoms with E-state index in [2.05, 4.69) is 26.2 Å². The fourth-order valence-corrected chi connectivity index (χ4v) is 2.73. The van der Waals surface area contributed by atoms with E-state index in [0.29, 0.717) is 21.3 Å². The minimum atomic E-state index is -0.647. The van der Waals surface area contributed by atoms with Crippen LogP contribution in [0.2, 0.25) is 0 Å². The lowest BCUT2D eigenvalue weighted by atomic mass is 9.92. The number of H-pyrrole nitrogens is 1. The zero-order valence-electron chi connectivity index (χ0n) is 11.4. The number of rotatable bonds is 3. The number of imidazole rings is 1. The van der Waals surface area contributed by atoms with E-state index >= 15 is 0 Å². The number of nitrogens with zero attached hydrogens (tertiary/aromatic N) is 1. The van der Waals surface area contributed by atoms with Crippen LogP contribution in [0.5, 0.6) is 0 Å². The lowest BCUT2D eigenvalue weighted by Gasteiger charge is -2.23. The highest BCUT2D eigenvalue weighted by atomic mass is 79.9. The zero-order valence-corrected chi connectivity index (χ0v) is 13.8. The predicted molar refractivity (Wildman–Crippen MR) is 82.6 cm³/mol. The fraction of sp³-hybridized carbons (Fsp3) is 0.385. The first-order valence-electron chi connectivity index (χ1n) is 6.06. The van der Waals surface area contributed by atoms with Gasteiger partial charge in [-0.3, -0.25) is 4.79 Å². The molecule has 0 bridgehead atoms. The van der Waals surface area contributed by atoms with Crippen LogP contribution in [0.1, 0.15) is 13.8 Å². The molecule has 1 aromatic carbocycles. The highest BCUT2D eigenvalue weighted by molar-refractivity contribution is 9.10. The van der Waals surface area contributed by atoms with Crippen LogP contribution in [0.3, 0.4) is 0 Å². The second-order valence-corrected chi connectivity index (χ2v) is 6.50. The van der Waals surface area contributed by atoms with Gasteiger partial charge in [0.25, 0.3) is 0 Å². The molecular weight excluding hydrogens is 345 g/mol. The van der Waals surface area contributed by atoms with Crippen molar-refractivity contribution in [3.8, 4) is 0 Å². The van der Waals surface area contributed by atoms with Gasteiger partial charge < -0.3 is 14.9 Å². The Hall–Kier alpha value is -1.21. The number of benzene rings is 1. The van der Waals surface area contributed by atoms with Crippen LogP contribution in [0.4, 0.5) is 4.39 Å². The van der Waals surface area contributed by atoms with Gasteiger partial charge in [0.15, 0.2) is 4.77 Å². The number of carbonyl (C=O) groups excluding carboxylic acids is 1. The number of aromatic amines is 1. The van der Waals surface area contributed by atoms with Gasteiger partial charge >= 0.3 is 0 Å². The molecule has 0 unspecified atom stereocenters. The standard InChI is InChI=1S/C13H15BrFN3OS/c1-13(2,11(19)16-3)6-18-10-5-8(15)7(14)4-9(10)17-12(18)20/h4-5H,6H2,1-3H3,(H,16,19)(H,17,20). The summed E-state index contributed by atoms with van der Waals surface area (Å²) in [7, 11) is 1.59. The minimum Gasteiger partial charge on any atom is -0.359 e. The maximum atomic E-state index is 13.7. The number of carbonyl (C=O) groups is 1. The third-order valence-electron chi connectivity index (χ3n) is 3.21. The summed E-state index contributed by atoms with van der Waals surface area (Å²) in [6.07, 6.45) is 0. The average Bonchev–Trinajstić information content (AvgIpc) is 2.65. The predicted octanol–water partition coefficient (Wildman–Crippen LogP) is 3.37. The van der Waals surface area contributed by atoms with Crippen LogP contribution in [-0.4, -0.2) is 22.5 Å². The molecule has 0 fully saturated rings. The Bertz CT molecular complexity index is 735. The van der Waals surface area contributed by atoms with E-state index < -0.39 is 5.41 Å². The second-order valence-electron chi connectivity index (χ2n) is 5.26. The van der Waals surface area contributed by atoms with Crippen LogP contribution in [0.15, 0.2) is 16.6 Å². The molecule has 108 valence electrons. The van der Waals surface area contributed by atoms with Gasteiger partial charge in [0.05, 0.1) is 20.9 Å². The monoisotopic (exact) mass is 359 g/mol. The number of hydrogen-bond donors (Lipinski definition) is 2. The van der Waals surface area contributed by atoms with E-state index in [1.807, 2.05) is 13.8 Å². The minimum absolute atomic E-state index is 0.0914. The smallest absolute Gasteiger partial charge is 0.227 e. The Morgan fingerprint density at radius 2 is 2.20 bits per heavy atom. The van der Waals surface area contributed by atoms with E-state index in [4.69, 9.17) is 12.2 Å². The van der Waals surface area contributed by atoms with Gasteiger partial charge in [0.2, 0.25) is 5.91 Å². The Labute approximate surface area is 129 Å². The van der Waals surface area contributed by atoms with Crippen LogP contribution in [0.25, 0.3) is 11.0 Å². The highest BCUT2D eigenvalue weighted by Crippen LogP contribution is 2.26. The topological polar surface area (TPSA) is 49.8 Å². The van der Waals surface area contributed by atoms with Gasteiger partial charge in [0.1, 0.15) is 5.82 Å². The summed E-state index contributed by atoms with van der Waals surface area (Å²) >= 11 is 8.41. The second kappa shape index (κ2) is 5.29. The molecular formula is C13H15BrFN3OS. The van der Waals surface area contributed by atoms with E-state index in [1.54, 1.807) is 17.7 Å². The molecule has 4 nitrogen and oxygen atoms in total. The van der Waals surface area contributed by atoms with Crippen LogP contribution in [-0.2, 0) is 11.3 Å². The Kier molecular flexibility index (Phi) is 4.02. The molecule has 0 saturated heterocycles. The Balaban J connectivity index is 2.55. The lowest BCUT2D eigenvalue weighted by Crippen LogP contribution is -2.37. The molecule has 7 heteroatoms. The summed E-state index contributed by atoms with van der Waals surface area (Å²) in [6, 6.07) is 3.05. The lowest BCUT2D eigenvalue weighted by molar-refractivity contribution is -0.129. The van der Waals surface area contributed by atoms with Crippen molar-refractivity contribution >= 4 is 45.1 Å². The molecule has 0 radical (unpaired) electrons. The SMILES string of the molecule is CNC(=O)C(C)(C)Cn1c(=S)[nH]c2cc(Br)c(F)cc21.